The maximum absolute atomic E-state index is 12.5. The second-order valence-corrected chi connectivity index (χ2v) is 7.66. The van der Waals surface area contributed by atoms with Crippen molar-refractivity contribution >= 4 is 11.7 Å². The smallest absolute Gasteiger partial charge is 0.223 e. The maximum Gasteiger partial charge on any atom is 0.223 e. The molecule has 1 saturated heterocycles. The van der Waals surface area contributed by atoms with Crippen LogP contribution in [0.2, 0.25) is 0 Å². The molecule has 0 saturated carbocycles. The molecule has 0 radical (unpaired) electrons. The predicted molar refractivity (Wildman–Crippen MR) is 102 cm³/mol. The van der Waals surface area contributed by atoms with Crippen molar-refractivity contribution in [1.82, 2.24) is 20.2 Å². The highest BCUT2D eigenvalue weighted by Gasteiger charge is 2.28. The van der Waals surface area contributed by atoms with Gasteiger partial charge < -0.3 is 15.5 Å². The topological polar surface area (TPSA) is 70.2 Å². The monoisotopic (exact) mass is 355 g/mol. The third-order valence-corrected chi connectivity index (χ3v) is 5.95. The van der Waals surface area contributed by atoms with Gasteiger partial charge in [0.1, 0.15) is 11.6 Å². The lowest BCUT2D eigenvalue weighted by Crippen LogP contribution is -2.39. The van der Waals surface area contributed by atoms with Crippen molar-refractivity contribution in [3.8, 4) is 0 Å². The van der Waals surface area contributed by atoms with Crippen molar-refractivity contribution in [2.24, 2.45) is 5.92 Å². The molecule has 6 nitrogen and oxygen atoms in total. The summed E-state index contributed by atoms with van der Waals surface area (Å²) in [7, 11) is 1.94. The van der Waals surface area contributed by atoms with Crippen LogP contribution in [0.1, 0.15) is 55.1 Å². The van der Waals surface area contributed by atoms with E-state index in [1.54, 1.807) is 0 Å². The molecule has 1 amide bonds. The van der Waals surface area contributed by atoms with Gasteiger partial charge in [0.2, 0.25) is 5.91 Å². The molecule has 0 bridgehead atoms. The van der Waals surface area contributed by atoms with Gasteiger partial charge in [-0.15, -0.1) is 0 Å². The minimum absolute atomic E-state index is 0.312. The van der Waals surface area contributed by atoms with Gasteiger partial charge in [-0.2, -0.15) is 0 Å². The first kappa shape index (κ1) is 17.5. The molecular weight excluding hydrogens is 326 g/mol. The number of likely N-dealkylation sites (tertiary alicyclic amines) is 1. The van der Waals surface area contributed by atoms with Crippen LogP contribution in [0.4, 0.5) is 5.82 Å². The summed E-state index contributed by atoms with van der Waals surface area (Å²) in [6.45, 7) is 3.47. The zero-order chi connectivity index (χ0) is 17.9. The molecule has 0 spiro atoms. The zero-order valence-corrected chi connectivity index (χ0v) is 15.6. The number of amides is 1. The Bertz CT molecular complexity index is 676. The number of aromatic nitrogens is 2. The molecule has 0 aromatic carbocycles. The van der Waals surface area contributed by atoms with Crippen LogP contribution in [0.5, 0.6) is 0 Å². The van der Waals surface area contributed by atoms with Crippen LogP contribution in [-0.2, 0) is 17.8 Å². The number of hydrogen-bond acceptors (Lipinski definition) is 5. The Kier molecular flexibility index (Phi) is 5.20. The van der Waals surface area contributed by atoms with Gasteiger partial charge in [-0.25, -0.2) is 9.97 Å². The summed E-state index contributed by atoms with van der Waals surface area (Å²) in [5.41, 5.74) is 2.39. The Morgan fingerprint density at radius 2 is 2.15 bits per heavy atom. The van der Waals surface area contributed by atoms with E-state index in [0.29, 0.717) is 24.2 Å². The first-order valence-electron chi connectivity index (χ1n) is 9.97. The van der Waals surface area contributed by atoms with Gasteiger partial charge in [0.25, 0.3) is 0 Å². The first-order valence-corrected chi connectivity index (χ1v) is 9.97. The minimum atomic E-state index is 0.312. The van der Waals surface area contributed by atoms with Gasteiger partial charge in [-0.05, 0) is 44.6 Å². The molecule has 6 heteroatoms. The lowest BCUT2D eigenvalue weighted by Gasteiger charge is -2.32. The maximum atomic E-state index is 12.5. The first-order chi connectivity index (χ1) is 12.7. The average Bonchev–Trinajstić information content (AvgIpc) is 3.20. The van der Waals surface area contributed by atoms with E-state index in [2.05, 4.69) is 22.8 Å². The third kappa shape index (κ3) is 3.61. The quantitative estimate of drug-likeness (QED) is 0.811. The number of carbonyl (C=O) groups excluding carboxylic acids is 1. The van der Waals surface area contributed by atoms with Gasteiger partial charge >= 0.3 is 0 Å². The fraction of sp³-hybridized carbons (Fsp3) is 0.650. The summed E-state index contributed by atoms with van der Waals surface area (Å²) in [6, 6.07) is 0. The number of rotatable bonds is 4. The molecule has 1 atom stereocenters. The van der Waals surface area contributed by atoms with Crippen LogP contribution in [0.3, 0.4) is 0 Å². The predicted octanol–water partition coefficient (Wildman–Crippen LogP) is 2.23. The van der Waals surface area contributed by atoms with Crippen molar-refractivity contribution in [3.05, 3.63) is 29.2 Å². The van der Waals surface area contributed by atoms with E-state index in [-0.39, 0.29) is 0 Å². The molecule has 0 unspecified atom stereocenters. The lowest BCUT2D eigenvalue weighted by atomic mass is 9.94. The van der Waals surface area contributed by atoms with Crippen LogP contribution >= 0.6 is 0 Å². The fourth-order valence-corrected chi connectivity index (χ4v) is 4.37. The Morgan fingerprint density at radius 1 is 1.31 bits per heavy atom. The second-order valence-electron chi connectivity index (χ2n) is 7.66. The van der Waals surface area contributed by atoms with Crippen LogP contribution in [0.25, 0.3) is 0 Å². The second kappa shape index (κ2) is 7.74. The van der Waals surface area contributed by atoms with Gasteiger partial charge in [0.15, 0.2) is 0 Å². The molecule has 26 heavy (non-hydrogen) atoms. The van der Waals surface area contributed by atoms with Gasteiger partial charge in [0, 0.05) is 44.6 Å². The number of fused-ring (bicyclic) bond motifs is 1. The number of allylic oxidation sites excluding steroid dienone is 2. The Morgan fingerprint density at radius 3 is 2.88 bits per heavy atom. The zero-order valence-electron chi connectivity index (χ0n) is 15.6. The summed E-state index contributed by atoms with van der Waals surface area (Å²) in [4.78, 5) is 24.3. The molecule has 1 aliphatic carbocycles. The molecule has 3 heterocycles. The highest BCUT2D eigenvalue weighted by molar-refractivity contribution is 5.76. The van der Waals surface area contributed by atoms with Crippen LogP contribution < -0.4 is 10.6 Å². The Balaban J connectivity index is 1.40. The highest BCUT2D eigenvalue weighted by atomic mass is 16.2. The van der Waals surface area contributed by atoms with E-state index in [9.17, 15) is 4.79 Å². The van der Waals surface area contributed by atoms with E-state index in [0.717, 1.165) is 75.6 Å². The molecule has 2 N–H and O–H groups in total. The number of nitrogens with zero attached hydrogens (tertiary/aromatic N) is 3. The van der Waals surface area contributed by atoms with Gasteiger partial charge in [0.05, 0.1) is 5.69 Å². The summed E-state index contributed by atoms with van der Waals surface area (Å²) >= 11 is 0. The van der Waals surface area contributed by atoms with Gasteiger partial charge in [-0.1, -0.05) is 12.2 Å². The normalized spacial score (nSPS) is 23.1. The number of hydrogen-bond donors (Lipinski definition) is 2. The standard InChI is InChI=1S/C20H29N5O/c1-21-20-16-6-9-22-13-17(16)23-19(24-20)15-7-10-25(11-8-15)18(26)12-14-4-2-3-5-14/h2,4,14-15,22H,3,5-13H2,1H3,(H,21,23,24)/t14-/m1/s1. The molecule has 1 aromatic rings. The summed E-state index contributed by atoms with van der Waals surface area (Å²) in [5.74, 6) is 3.05. The number of carbonyl (C=O) groups is 1. The Labute approximate surface area is 155 Å². The summed E-state index contributed by atoms with van der Waals surface area (Å²) < 4.78 is 0. The van der Waals surface area contributed by atoms with Crippen LogP contribution in [-0.4, -0.2) is 47.5 Å². The molecule has 1 fully saturated rings. The number of nitrogens with one attached hydrogen (secondary N) is 2. The van der Waals surface area contributed by atoms with Crippen molar-refractivity contribution in [3.63, 3.8) is 0 Å². The molecule has 140 valence electrons. The van der Waals surface area contributed by atoms with Crippen LogP contribution in [0.15, 0.2) is 12.2 Å². The largest absolute Gasteiger partial charge is 0.373 e. The van der Waals surface area contributed by atoms with Crippen LogP contribution in [0, 0.1) is 5.92 Å². The number of piperidine rings is 1. The lowest BCUT2D eigenvalue weighted by molar-refractivity contribution is -0.132. The SMILES string of the molecule is CNc1nc(C2CCN(C(=O)C[C@@H]3C=CCC3)CC2)nc2c1CCNC2. The average molecular weight is 355 g/mol. The van der Waals surface area contributed by atoms with Crippen molar-refractivity contribution in [2.75, 3.05) is 32.0 Å². The van der Waals surface area contributed by atoms with Crippen molar-refractivity contribution in [1.29, 1.82) is 0 Å². The van der Waals surface area contributed by atoms with Crippen molar-refractivity contribution < 1.29 is 4.79 Å². The highest BCUT2D eigenvalue weighted by Crippen LogP contribution is 2.30. The fourth-order valence-electron chi connectivity index (χ4n) is 4.37. The Hall–Kier alpha value is -1.95. The summed E-state index contributed by atoms with van der Waals surface area (Å²) in [6.07, 6.45) is 10.2. The van der Waals surface area contributed by atoms with E-state index < -0.39 is 0 Å². The van der Waals surface area contributed by atoms with E-state index in [1.807, 2.05) is 11.9 Å². The molecule has 1 aromatic heterocycles. The number of anilines is 1. The van der Waals surface area contributed by atoms with Crippen molar-refractivity contribution in [2.45, 2.75) is 51.0 Å². The van der Waals surface area contributed by atoms with E-state index >= 15 is 0 Å². The summed E-state index contributed by atoms with van der Waals surface area (Å²) in [5, 5.41) is 6.65. The van der Waals surface area contributed by atoms with E-state index in [4.69, 9.17) is 9.97 Å². The molecular formula is C20H29N5O. The molecule has 2 aliphatic heterocycles. The minimum Gasteiger partial charge on any atom is -0.373 e. The molecule has 4 rings (SSSR count). The third-order valence-electron chi connectivity index (χ3n) is 5.95. The van der Waals surface area contributed by atoms with Gasteiger partial charge in [-0.3, -0.25) is 4.79 Å². The molecule has 3 aliphatic rings. The van der Waals surface area contributed by atoms with E-state index in [1.165, 1.54) is 5.56 Å².